The van der Waals surface area contributed by atoms with Gasteiger partial charge in [0.05, 0.1) is 17.9 Å². The molecular formula is C13H21N5O. The highest BCUT2D eigenvalue weighted by Crippen LogP contribution is 2.21. The van der Waals surface area contributed by atoms with Crippen molar-refractivity contribution < 1.29 is 4.74 Å². The van der Waals surface area contributed by atoms with Crippen molar-refractivity contribution >= 4 is 17.5 Å². The summed E-state index contributed by atoms with van der Waals surface area (Å²) in [5, 5.41) is 5.97. The molecule has 104 valence electrons. The first kappa shape index (κ1) is 15.1. The van der Waals surface area contributed by atoms with E-state index in [0.29, 0.717) is 29.7 Å². The van der Waals surface area contributed by atoms with E-state index in [4.69, 9.17) is 4.74 Å². The number of nitrogens with one attached hydrogen (secondary N) is 2. The summed E-state index contributed by atoms with van der Waals surface area (Å²) in [6.45, 7) is 8.25. The van der Waals surface area contributed by atoms with E-state index in [-0.39, 0.29) is 0 Å². The molecule has 0 amide bonds. The summed E-state index contributed by atoms with van der Waals surface area (Å²) in [5.74, 6) is 1.62. The minimum absolute atomic E-state index is 0.427. The van der Waals surface area contributed by atoms with Gasteiger partial charge in [0.2, 0.25) is 5.90 Å². The number of ether oxygens (including phenoxy) is 1. The van der Waals surface area contributed by atoms with Gasteiger partial charge in [-0.3, -0.25) is 4.99 Å². The normalized spacial score (nSPS) is 11.3. The van der Waals surface area contributed by atoms with Crippen LogP contribution < -0.4 is 10.6 Å². The maximum absolute atomic E-state index is 5.61. The molecule has 1 heterocycles. The van der Waals surface area contributed by atoms with Gasteiger partial charge >= 0.3 is 0 Å². The van der Waals surface area contributed by atoms with Crippen LogP contribution in [0.2, 0.25) is 0 Å². The van der Waals surface area contributed by atoms with Gasteiger partial charge in [-0.25, -0.2) is 9.97 Å². The summed E-state index contributed by atoms with van der Waals surface area (Å²) < 4.78 is 5.61. The SMILES string of the molecule is C=C(OC(CNC)=NC)c1nc(C)c(C)nc1NC. The van der Waals surface area contributed by atoms with Gasteiger partial charge in [-0.1, -0.05) is 6.58 Å². The predicted octanol–water partition coefficient (Wildman–Crippen LogP) is 1.37. The Kier molecular flexibility index (Phi) is 5.44. The zero-order valence-corrected chi connectivity index (χ0v) is 12.2. The number of likely N-dealkylation sites (N-methyl/N-ethyl adjacent to an activating group) is 1. The minimum Gasteiger partial charge on any atom is -0.440 e. The highest BCUT2D eigenvalue weighted by atomic mass is 16.5. The van der Waals surface area contributed by atoms with E-state index >= 15 is 0 Å². The van der Waals surface area contributed by atoms with Crippen molar-refractivity contribution in [2.24, 2.45) is 4.99 Å². The van der Waals surface area contributed by atoms with Crippen LogP contribution in [0.1, 0.15) is 17.1 Å². The monoisotopic (exact) mass is 263 g/mol. The van der Waals surface area contributed by atoms with Gasteiger partial charge in [-0.15, -0.1) is 0 Å². The molecule has 6 heteroatoms. The number of aryl methyl sites for hydroxylation is 2. The fourth-order valence-corrected chi connectivity index (χ4v) is 1.47. The highest BCUT2D eigenvalue weighted by Gasteiger charge is 2.14. The lowest BCUT2D eigenvalue weighted by atomic mass is 10.3. The topological polar surface area (TPSA) is 71.4 Å². The van der Waals surface area contributed by atoms with Gasteiger partial charge in [0.1, 0.15) is 5.69 Å². The molecule has 0 aromatic carbocycles. The number of rotatable bonds is 5. The number of nitrogens with zero attached hydrogens (tertiary/aromatic N) is 3. The van der Waals surface area contributed by atoms with Gasteiger partial charge in [0, 0.05) is 14.1 Å². The molecule has 6 nitrogen and oxygen atoms in total. The molecule has 0 fully saturated rings. The standard InChI is InChI=1S/C13H21N5O/c1-8-9(2)18-13(16-6)12(17-8)10(3)19-11(15-5)7-14-4/h14H,3,7H2,1-2,4-6H3,(H,16,18). The van der Waals surface area contributed by atoms with Crippen molar-refractivity contribution in [2.45, 2.75) is 13.8 Å². The fraction of sp³-hybridized carbons (Fsp3) is 0.462. The maximum atomic E-state index is 5.61. The van der Waals surface area contributed by atoms with Crippen molar-refractivity contribution in [1.29, 1.82) is 0 Å². The van der Waals surface area contributed by atoms with Crippen molar-refractivity contribution in [2.75, 3.05) is 33.0 Å². The Balaban J connectivity index is 3.02. The van der Waals surface area contributed by atoms with Crippen LogP contribution in [-0.4, -0.2) is 43.6 Å². The molecule has 0 aliphatic heterocycles. The van der Waals surface area contributed by atoms with Crippen LogP contribution in [0.4, 0.5) is 5.82 Å². The molecule has 0 saturated heterocycles. The van der Waals surface area contributed by atoms with E-state index in [1.807, 2.05) is 20.9 Å². The van der Waals surface area contributed by atoms with Crippen LogP contribution in [0.5, 0.6) is 0 Å². The Morgan fingerprint density at radius 3 is 2.42 bits per heavy atom. The third-order valence-corrected chi connectivity index (χ3v) is 2.63. The molecule has 0 spiro atoms. The maximum Gasteiger partial charge on any atom is 0.203 e. The fourth-order valence-electron chi connectivity index (χ4n) is 1.47. The van der Waals surface area contributed by atoms with E-state index in [1.165, 1.54) is 0 Å². The van der Waals surface area contributed by atoms with Gasteiger partial charge in [0.15, 0.2) is 11.6 Å². The molecule has 1 rings (SSSR count). The van der Waals surface area contributed by atoms with E-state index in [0.717, 1.165) is 11.4 Å². The number of hydrogen-bond donors (Lipinski definition) is 2. The molecule has 0 saturated carbocycles. The molecule has 19 heavy (non-hydrogen) atoms. The largest absolute Gasteiger partial charge is 0.440 e. The summed E-state index contributed by atoms with van der Waals surface area (Å²) in [5.41, 5.74) is 2.32. The summed E-state index contributed by atoms with van der Waals surface area (Å²) in [4.78, 5) is 12.9. The van der Waals surface area contributed by atoms with E-state index in [1.54, 1.807) is 14.1 Å². The first-order chi connectivity index (χ1) is 9.03. The van der Waals surface area contributed by atoms with E-state index in [9.17, 15) is 0 Å². The number of aliphatic imine (C=N–C) groups is 1. The Morgan fingerprint density at radius 2 is 1.89 bits per heavy atom. The number of anilines is 1. The third-order valence-electron chi connectivity index (χ3n) is 2.63. The second-order valence-corrected chi connectivity index (χ2v) is 4.01. The van der Waals surface area contributed by atoms with Crippen molar-refractivity contribution in [3.05, 3.63) is 23.7 Å². The van der Waals surface area contributed by atoms with Crippen molar-refractivity contribution in [3.8, 4) is 0 Å². The molecule has 0 radical (unpaired) electrons. The summed E-state index contributed by atoms with van der Waals surface area (Å²) >= 11 is 0. The van der Waals surface area contributed by atoms with Crippen LogP contribution in [-0.2, 0) is 4.74 Å². The predicted molar refractivity (Wildman–Crippen MR) is 78.5 cm³/mol. The van der Waals surface area contributed by atoms with Gasteiger partial charge in [0.25, 0.3) is 0 Å². The van der Waals surface area contributed by atoms with Crippen LogP contribution >= 0.6 is 0 Å². The smallest absolute Gasteiger partial charge is 0.203 e. The van der Waals surface area contributed by atoms with E-state index < -0.39 is 0 Å². The third kappa shape index (κ3) is 3.75. The average Bonchev–Trinajstić information content (AvgIpc) is 2.40. The van der Waals surface area contributed by atoms with E-state index in [2.05, 4.69) is 32.2 Å². The molecular weight excluding hydrogens is 242 g/mol. The van der Waals surface area contributed by atoms with Crippen LogP contribution in [0.3, 0.4) is 0 Å². The van der Waals surface area contributed by atoms with Crippen LogP contribution in [0.15, 0.2) is 11.6 Å². The summed E-state index contributed by atoms with van der Waals surface area (Å²) in [6.07, 6.45) is 0. The van der Waals surface area contributed by atoms with Crippen molar-refractivity contribution in [3.63, 3.8) is 0 Å². The summed E-state index contributed by atoms with van der Waals surface area (Å²) in [7, 11) is 5.29. The molecule has 0 aliphatic carbocycles. The molecule has 2 N–H and O–H groups in total. The highest BCUT2D eigenvalue weighted by molar-refractivity contribution is 5.84. The Hall–Kier alpha value is -1.95. The molecule has 1 aromatic rings. The Labute approximate surface area is 114 Å². The minimum atomic E-state index is 0.427. The zero-order valence-electron chi connectivity index (χ0n) is 12.2. The Morgan fingerprint density at radius 1 is 1.26 bits per heavy atom. The lowest BCUT2D eigenvalue weighted by Crippen LogP contribution is -2.21. The molecule has 0 bridgehead atoms. The zero-order chi connectivity index (χ0) is 14.4. The molecule has 0 unspecified atom stereocenters. The first-order valence-electron chi connectivity index (χ1n) is 6.03. The molecule has 0 aliphatic rings. The van der Waals surface area contributed by atoms with Crippen LogP contribution in [0, 0.1) is 13.8 Å². The van der Waals surface area contributed by atoms with Gasteiger partial charge < -0.3 is 15.4 Å². The quantitative estimate of drug-likeness (QED) is 0.477. The van der Waals surface area contributed by atoms with Gasteiger partial charge in [-0.2, -0.15) is 0 Å². The lowest BCUT2D eigenvalue weighted by molar-refractivity contribution is 0.489. The number of aromatic nitrogens is 2. The first-order valence-corrected chi connectivity index (χ1v) is 6.03. The van der Waals surface area contributed by atoms with Crippen molar-refractivity contribution in [1.82, 2.24) is 15.3 Å². The second kappa shape index (κ2) is 6.84. The second-order valence-electron chi connectivity index (χ2n) is 4.01. The summed E-state index contributed by atoms with van der Waals surface area (Å²) in [6, 6.07) is 0. The van der Waals surface area contributed by atoms with Gasteiger partial charge in [-0.05, 0) is 20.9 Å². The average molecular weight is 263 g/mol. The Bertz CT molecular complexity index is 496. The number of hydrogen-bond acceptors (Lipinski definition) is 6. The molecule has 1 aromatic heterocycles. The van der Waals surface area contributed by atoms with Crippen LogP contribution in [0.25, 0.3) is 5.76 Å². The lowest BCUT2D eigenvalue weighted by Gasteiger charge is -2.14. The molecule has 0 atom stereocenters.